The molecule has 63 heavy (non-hydrogen) atoms. The van der Waals surface area contributed by atoms with Crippen molar-refractivity contribution in [3.05, 3.63) is 178 Å². The van der Waals surface area contributed by atoms with E-state index in [1.165, 1.54) is 55.7 Å². The molecule has 0 saturated heterocycles. The van der Waals surface area contributed by atoms with Gasteiger partial charge >= 0.3 is 18.0 Å². The van der Waals surface area contributed by atoms with Crippen LogP contribution in [0, 0.1) is 0 Å². The zero-order valence-electron chi connectivity index (χ0n) is 35.8. The molecule has 2 aliphatic rings. The molecule has 5 aromatic carbocycles. The number of likely N-dealkylation sites (N-methyl/N-ethyl adjacent to an activating group) is 1. The zero-order chi connectivity index (χ0) is 44.2. The molecule has 5 aromatic rings. The number of esters is 2. The Bertz CT molecular complexity index is 2330. The maximum Gasteiger partial charge on any atom is 0.407 e. The van der Waals surface area contributed by atoms with Crippen LogP contribution in [0.4, 0.5) is 4.79 Å². The van der Waals surface area contributed by atoms with Gasteiger partial charge in [-0.1, -0.05) is 178 Å². The Morgan fingerprint density at radius 2 is 1.33 bits per heavy atom. The van der Waals surface area contributed by atoms with E-state index in [-0.39, 0.29) is 32.1 Å². The van der Waals surface area contributed by atoms with Crippen LogP contribution in [0.2, 0.25) is 5.02 Å². The second kappa shape index (κ2) is 21.3. The first-order valence-corrected chi connectivity index (χ1v) is 22.3. The Morgan fingerprint density at radius 3 is 1.98 bits per heavy atom. The lowest BCUT2D eigenvalue weighted by molar-refractivity contribution is -0.156. The molecule has 1 fully saturated rings. The summed E-state index contributed by atoms with van der Waals surface area (Å²) in [6.07, 6.45) is 8.29. The first kappa shape index (κ1) is 44.9. The number of benzene rings is 5. The third-order valence-corrected chi connectivity index (χ3v) is 12.6. The molecule has 7 rings (SSSR count). The third kappa shape index (κ3) is 10.5. The fourth-order valence-corrected chi connectivity index (χ4v) is 9.34. The summed E-state index contributed by atoms with van der Waals surface area (Å²) in [7, 11) is 1.50. The number of carbonyl (C=O) groups is 4. The van der Waals surface area contributed by atoms with E-state index in [9.17, 15) is 19.2 Å². The van der Waals surface area contributed by atoms with Crippen LogP contribution in [-0.4, -0.2) is 61.7 Å². The molecule has 1 unspecified atom stereocenters. The fraction of sp³-hybridized carbons (Fsp3) is 0.321. The smallest absolute Gasteiger partial charge is 0.407 e. The number of halogens is 1. The number of fused-ring (bicyclic) bond motifs is 3. The van der Waals surface area contributed by atoms with Crippen LogP contribution >= 0.6 is 11.6 Å². The topological polar surface area (TPSA) is 111 Å². The summed E-state index contributed by atoms with van der Waals surface area (Å²) in [6.45, 7) is 3.57. The van der Waals surface area contributed by atoms with Crippen molar-refractivity contribution < 1.29 is 33.4 Å². The number of nitrogens with one attached hydrogen (secondary N) is 1. The Morgan fingerprint density at radius 1 is 0.746 bits per heavy atom. The standard InChI is InChI=1S/C53H55ClN2O7/c1-3-34-61-49(57)32-33-56(2)51(59)48(55-52(60)62-36-45-43-24-14-12-22-41(43)42-23-13-15-25-44(42)45)35-50(58)63-53(39-20-10-7-11-21-39,46-26-16-17-27-47(46)54)40-30-28-38(29-31-40)37-18-8-5-4-6-9-19-37/h3,7,10-17,20-31,37,45,48H,1,4-6,8-9,18-19,32-36H2,2H3,(H,55,60)/t48-,53?/m0/s1. The average Bonchev–Trinajstić information content (AvgIpc) is 3.62. The predicted octanol–water partition coefficient (Wildman–Crippen LogP) is 10.9. The van der Waals surface area contributed by atoms with Gasteiger partial charge in [-0.3, -0.25) is 14.4 Å². The second-order valence-corrected chi connectivity index (χ2v) is 16.8. The van der Waals surface area contributed by atoms with E-state index in [0.717, 1.165) is 35.1 Å². The van der Waals surface area contributed by atoms with Gasteiger partial charge in [0, 0.05) is 41.2 Å². The van der Waals surface area contributed by atoms with Crippen molar-refractivity contribution >= 4 is 35.5 Å². The van der Waals surface area contributed by atoms with Gasteiger partial charge in [0.25, 0.3) is 0 Å². The minimum atomic E-state index is -1.55. The highest BCUT2D eigenvalue weighted by molar-refractivity contribution is 6.31. The summed E-state index contributed by atoms with van der Waals surface area (Å²) in [5.41, 5.74) is 5.74. The largest absolute Gasteiger partial charge is 0.461 e. The molecule has 0 heterocycles. The van der Waals surface area contributed by atoms with Crippen molar-refractivity contribution in [1.82, 2.24) is 10.2 Å². The maximum atomic E-state index is 14.7. The summed E-state index contributed by atoms with van der Waals surface area (Å²) < 4.78 is 17.7. The number of ether oxygens (including phenoxy) is 3. The van der Waals surface area contributed by atoms with Crippen LogP contribution in [0.15, 0.2) is 140 Å². The molecule has 326 valence electrons. The summed E-state index contributed by atoms with van der Waals surface area (Å²) in [5, 5.41) is 3.06. The first-order valence-electron chi connectivity index (χ1n) is 22.0. The SMILES string of the molecule is C=CCOC(=O)CCN(C)C(=O)[C@H](CC(=O)OC(c1ccccc1)(c1ccc(C2CCCCCCC2)cc1)c1ccccc1Cl)NC(=O)OCC1c2ccccc2-c2ccccc21. The van der Waals surface area contributed by atoms with Crippen molar-refractivity contribution in [1.29, 1.82) is 0 Å². The molecule has 0 radical (unpaired) electrons. The number of nitrogens with zero attached hydrogens (tertiary/aromatic N) is 1. The highest BCUT2D eigenvalue weighted by atomic mass is 35.5. The van der Waals surface area contributed by atoms with Crippen LogP contribution in [0.3, 0.4) is 0 Å². The number of rotatable bonds is 16. The molecule has 0 aliphatic heterocycles. The minimum absolute atomic E-state index is 0.00330. The molecule has 0 bridgehead atoms. The van der Waals surface area contributed by atoms with Crippen LogP contribution in [0.1, 0.15) is 103 Å². The molecule has 9 nitrogen and oxygen atoms in total. The zero-order valence-corrected chi connectivity index (χ0v) is 36.6. The van der Waals surface area contributed by atoms with Gasteiger partial charge in [0.15, 0.2) is 5.60 Å². The number of amides is 2. The minimum Gasteiger partial charge on any atom is -0.461 e. The third-order valence-electron chi connectivity index (χ3n) is 12.3. The van der Waals surface area contributed by atoms with Gasteiger partial charge in [0.2, 0.25) is 5.91 Å². The van der Waals surface area contributed by atoms with Gasteiger partial charge in [-0.2, -0.15) is 0 Å². The summed E-state index contributed by atoms with van der Waals surface area (Å²) in [5.74, 6) is -1.72. The summed E-state index contributed by atoms with van der Waals surface area (Å²) >= 11 is 7.02. The molecule has 1 saturated carbocycles. The van der Waals surface area contributed by atoms with Crippen molar-refractivity contribution in [2.45, 2.75) is 81.3 Å². The molecule has 2 amide bonds. The molecule has 0 spiro atoms. The van der Waals surface area contributed by atoms with E-state index in [2.05, 4.69) is 24.0 Å². The van der Waals surface area contributed by atoms with Crippen LogP contribution < -0.4 is 5.32 Å². The van der Waals surface area contributed by atoms with Gasteiger partial charge in [-0.15, -0.1) is 0 Å². The Labute approximate surface area is 375 Å². The van der Waals surface area contributed by atoms with Crippen molar-refractivity contribution in [2.24, 2.45) is 0 Å². The number of hydrogen-bond donors (Lipinski definition) is 1. The van der Waals surface area contributed by atoms with Crippen LogP contribution in [0.25, 0.3) is 11.1 Å². The van der Waals surface area contributed by atoms with Gasteiger partial charge in [0.1, 0.15) is 19.3 Å². The normalized spacial score (nSPS) is 15.3. The van der Waals surface area contributed by atoms with Crippen LogP contribution in [-0.2, 0) is 34.2 Å². The number of hydrogen-bond acceptors (Lipinski definition) is 7. The molecule has 2 aliphatic carbocycles. The summed E-state index contributed by atoms with van der Waals surface area (Å²) in [6, 6.07) is 39.5. The molecular formula is C53H55ClN2O7. The maximum absolute atomic E-state index is 14.7. The monoisotopic (exact) mass is 866 g/mol. The molecule has 10 heteroatoms. The van der Waals surface area contributed by atoms with Gasteiger partial charge in [0.05, 0.1) is 12.8 Å². The van der Waals surface area contributed by atoms with E-state index >= 15 is 0 Å². The van der Waals surface area contributed by atoms with E-state index in [1.807, 2.05) is 109 Å². The second-order valence-electron chi connectivity index (χ2n) is 16.4. The number of carbonyl (C=O) groups excluding carboxylic acids is 4. The fourth-order valence-electron chi connectivity index (χ4n) is 9.07. The lowest BCUT2D eigenvalue weighted by atomic mass is 9.78. The average molecular weight is 867 g/mol. The summed E-state index contributed by atoms with van der Waals surface area (Å²) in [4.78, 5) is 56.4. The van der Waals surface area contributed by atoms with Crippen molar-refractivity contribution in [3.63, 3.8) is 0 Å². The molecule has 0 aromatic heterocycles. The van der Waals surface area contributed by atoms with Gasteiger partial charge in [-0.25, -0.2) is 4.79 Å². The lowest BCUT2D eigenvalue weighted by Crippen LogP contribution is -2.50. The Kier molecular flexibility index (Phi) is 15.1. The first-order chi connectivity index (χ1) is 30.7. The van der Waals surface area contributed by atoms with Crippen molar-refractivity contribution in [2.75, 3.05) is 26.8 Å². The quantitative estimate of drug-likeness (QED) is 0.0455. The van der Waals surface area contributed by atoms with E-state index in [0.29, 0.717) is 27.6 Å². The van der Waals surface area contributed by atoms with Crippen molar-refractivity contribution in [3.8, 4) is 11.1 Å². The molecule has 1 N–H and O–H groups in total. The Hall–Kier alpha value is -6.19. The van der Waals surface area contributed by atoms with E-state index in [4.69, 9.17) is 25.8 Å². The van der Waals surface area contributed by atoms with Gasteiger partial charge < -0.3 is 24.4 Å². The van der Waals surface area contributed by atoms with Gasteiger partial charge in [-0.05, 0) is 52.6 Å². The molecule has 2 atom stereocenters. The van der Waals surface area contributed by atoms with Crippen LogP contribution in [0.5, 0.6) is 0 Å². The highest BCUT2D eigenvalue weighted by Crippen LogP contribution is 2.46. The number of alkyl carbamates (subject to hydrolysis) is 1. The highest BCUT2D eigenvalue weighted by Gasteiger charge is 2.43. The van der Waals surface area contributed by atoms with E-state index < -0.39 is 42.0 Å². The van der Waals surface area contributed by atoms with E-state index in [1.54, 1.807) is 6.07 Å². The molecular weight excluding hydrogens is 812 g/mol. The predicted molar refractivity (Wildman–Crippen MR) is 245 cm³/mol. The lowest BCUT2D eigenvalue weighted by Gasteiger charge is -2.36. The Balaban J connectivity index is 1.18.